The highest BCUT2D eigenvalue weighted by atomic mass is 35.5. The number of hydrogen-bond donors (Lipinski definition) is 2. The van der Waals surface area contributed by atoms with E-state index in [-0.39, 0.29) is 18.0 Å². The van der Waals surface area contributed by atoms with Gasteiger partial charge in [-0.25, -0.2) is 0 Å². The number of piperidine rings is 1. The molecular weight excluding hydrogens is 176 g/mol. The van der Waals surface area contributed by atoms with Gasteiger partial charge in [0.15, 0.2) is 0 Å². The number of rotatable bonds is 0. The molecule has 0 aromatic rings. The molecule has 0 aliphatic carbocycles. The highest BCUT2D eigenvalue weighted by molar-refractivity contribution is 5.85. The monoisotopic (exact) mass is 192 g/mol. The second-order valence-electron chi connectivity index (χ2n) is 3.50. The van der Waals surface area contributed by atoms with E-state index in [0.717, 1.165) is 19.8 Å². The van der Waals surface area contributed by atoms with Gasteiger partial charge in [0.2, 0.25) is 0 Å². The Morgan fingerprint density at radius 1 is 1.08 bits per heavy atom. The van der Waals surface area contributed by atoms with Gasteiger partial charge in [0, 0.05) is 13.1 Å². The summed E-state index contributed by atoms with van der Waals surface area (Å²) in [6.07, 6.45) is 3.67. The maximum atomic E-state index is 5.73. The van der Waals surface area contributed by atoms with Crippen LogP contribution in [0.5, 0.6) is 0 Å². The van der Waals surface area contributed by atoms with Crippen molar-refractivity contribution >= 4 is 12.4 Å². The van der Waals surface area contributed by atoms with E-state index in [1.54, 1.807) is 0 Å². The first-order valence-electron chi connectivity index (χ1n) is 4.47. The van der Waals surface area contributed by atoms with Gasteiger partial charge in [0.25, 0.3) is 0 Å². The molecule has 0 bridgehead atoms. The first kappa shape index (κ1) is 10.3. The van der Waals surface area contributed by atoms with Crippen LogP contribution in [0.2, 0.25) is 0 Å². The lowest BCUT2D eigenvalue weighted by Crippen LogP contribution is -2.53. The largest absolute Gasteiger partial charge is 0.358 e. The van der Waals surface area contributed by atoms with Crippen molar-refractivity contribution < 1.29 is 4.74 Å². The highest BCUT2D eigenvalue weighted by Gasteiger charge is 2.34. The van der Waals surface area contributed by atoms with E-state index in [2.05, 4.69) is 10.6 Å². The molecule has 1 spiro atoms. The van der Waals surface area contributed by atoms with Crippen LogP contribution in [0.4, 0.5) is 0 Å². The van der Waals surface area contributed by atoms with E-state index >= 15 is 0 Å². The molecule has 2 aliphatic rings. The average Bonchev–Trinajstić information content (AvgIpc) is 2.07. The zero-order valence-electron chi connectivity index (χ0n) is 7.27. The summed E-state index contributed by atoms with van der Waals surface area (Å²) in [5.74, 6) is 0. The maximum absolute atomic E-state index is 5.73. The van der Waals surface area contributed by atoms with Gasteiger partial charge < -0.3 is 10.1 Å². The Morgan fingerprint density at radius 2 is 2.00 bits per heavy atom. The molecule has 0 radical (unpaired) electrons. The van der Waals surface area contributed by atoms with Crippen LogP contribution < -0.4 is 10.6 Å². The number of hydrogen-bond acceptors (Lipinski definition) is 3. The van der Waals surface area contributed by atoms with Crippen LogP contribution in [0.1, 0.15) is 19.3 Å². The first-order valence-corrected chi connectivity index (χ1v) is 4.47. The van der Waals surface area contributed by atoms with E-state index in [1.807, 2.05) is 0 Å². The third kappa shape index (κ3) is 2.10. The minimum Gasteiger partial charge on any atom is -0.358 e. The quantitative estimate of drug-likeness (QED) is 0.587. The van der Waals surface area contributed by atoms with Crippen molar-refractivity contribution in [2.75, 3.05) is 26.4 Å². The molecule has 4 heteroatoms. The molecule has 72 valence electrons. The normalized spacial score (nSPS) is 36.0. The van der Waals surface area contributed by atoms with Crippen molar-refractivity contribution in [1.82, 2.24) is 10.6 Å². The van der Waals surface area contributed by atoms with Gasteiger partial charge in [-0.15, -0.1) is 12.4 Å². The molecule has 2 fully saturated rings. The molecule has 2 N–H and O–H groups in total. The third-order valence-corrected chi connectivity index (χ3v) is 2.67. The van der Waals surface area contributed by atoms with Crippen molar-refractivity contribution in [3.05, 3.63) is 0 Å². The van der Waals surface area contributed by atoms with Crippen LogP contribution in [0.3, 0.4) is 0 Å². The third-order valence-electron chi connectivity index (χ3n) is 2.67. The standard InChI is InChI=1S/C8H16N2O.ClH/c1-2-8(6-9-4-1)3-5-10-7-11-8;/h9-10H,1-7H2;1H. The van der Waals surface area contributed by atoms with E-state index in [1.165, 1.54) is 25.8 Å². The molecule has 0 saturated carbocycles. The van der Waals surface area contributed by atoms with Crippen molar-refractivity contribution in [3.8, 4) is 0 Å². The molecule has 1 atom stereocenters. The Balaban J connectivity index is 0.000000720. The zero-order chi connectivity index (χ0) is 7.57. The van der Waals surface area contributed by atoms with E-state index in [4.69, 9.17) is 4.74 Å². The zero-order valence-corrected chi connectivity index (χ0v) is 8.08. The summed E-state index contributed by atoms with van der Waals surface area (Å²) in [5.41, 5.74) is 0.184. The van der Waals surface area contributed by atoms with Gasteiger partial charge >= 0.3 is 0 Å². The molecule has 2 rings (SSSR count). The van der Waals surface area contributed by atoms with Gasteiger partial charge in [0.1, 0.15) is 0 Å². The Labute approximate surface area is 79.6 Å². The predicted molar refractivity (Wildman–Crippen MR) is 50.7 cm³/mol. The summed E-state index contributed by atoms with van der Waals surface area (Å²) in [5, 5.41) is 6.60. The second kappa shape index (κ2) is 4.42. The van der Waals surface area contributed by atoms with E-state index < -0.39 is 0 Å². The first-order chi connectivity index (χ1) is 5.41. The molecule has 2 heterocycles. The van der Waals surface area contributed by atoms with Crippen molar-refractivity contribution in [1.29, 1.82) is 0 Å². The fourth-order valence-corrected chi connectivity index (χ4v) is 1.94. The van der Waals surface area contributed by atoms with E-state index in [9.17, 15) is 0 Å². The van der Waals surface area contributed by atoms with Crippen LogP contribution in [-0.2, 0) is 4.74 Å². The van der Waals surface area contributed by atoms with Crippen LogP contribution in [0.25, 0.3) is 0 Å². The summed E-state index contributed by atoms with van der Waals surface area (Å²) in [6, 6.07) is 0. The summed E-state index contributed by atoms with van der Waals surface area (Å²) >= 11 is 0. The summed E-state index contributed by atoms with van der Waals surface area (Å²) in [4.78, 5) is 0. The van der Waals surface area contributed by atoms with Crippen molar-refractivity contribution in [3.63, 3.8) is 0 Å². The molecular formula is C8H17ClN2O. The molecule has 3 nitrogen and oxygen atoms in total. The maximum Gasteiger partial charge on any atom is 0.0973 e. The number of halogens is 1. The molecule has 2 aliphatic heterocycles. The lowest BCUT2D eigenvalue weighted by atomic mass is 9.90. The van der Waals surface area contributed by atoms with Gasteiger partial charge in [-0.1, -0.05) is 0 Å². The Bertz CT molecular complexity index is 112. The van der Waals surface area contributed by atoms with Gasteiger partial charge in [-0.2, -0.15) is 0 Å². The molecule has 1 unspecified atom stereocenters. The van der Waals surface area contributed by atoms with Gasteiger partial charge in [-0.05, 0) is 25.8 Å². The second-order valence-corrected chi connectivity index (χ2v) is 3.50. The lowest BCUT2D eigenvalue weighted by molar-refractivity contribution is -0.0955. The van der Waals surface area contributed by atoms with Crippen LogP contribution >= 0.6 is 12.4 Å². The Kier molecular flexibility index (Phi) is 3.77. The van der Waals surface area contributed by atoms with Crippen LogP contribution in [0, 0.1) is 0 Å². The van der Waals surface area contributed by atoms with Gasteiger partial charge in [-0.3, -0.25) is 5.32 Å². The Hall–Kier alpha value is 0.170. The topological polar surface area (TPSA) is 33.3 Å². The van der Waals surface area contributed by atoms with Crippen molar-refractivity contribution in [2.45, 2.75) is 24.9 Å². The molecule has 0 aromatic heterocycles. The SMILES string of the molecule is C1CNCC2(C1)CCNCO2.Cl. The molecule has 12 heavy (non-hydrogen) atoms. The summed E-state index contributed by atoms with van der Waals surface area (Å²) in [7, 11) is 0. The minimum atomic E-state index is 0. The van der Waals surface area contributed by atoms with Crippen LogP contribution in [-0.4, -0.2) is 32.0 Å². The minimum absolute atomic E-state index is 0. The number of nitrogens with one attached hydrogen (secondary N) is 2. The van der Waals surface area contributed by atoms with E-state index in [0.29, 0.717) is 0 Å². The van der Waals surface area contributed by atoms with Crippen molar-refractivity contribution in [2.24, 2.45) is 0 Å². The lowest BCUT2D eigenvalue weighted by Gasteiger charge is -2.40. The fourth-order valence-electron chi connectivity index (χ4n) is 1.94. The summed E-state index contributed by atoms with van der Waals surface area (Å²) in [6.45, 7) is 4.07. The predicted octanol–water partition coefficient (Wildman–Crippen LogP) is 0.498. The average molecular weight is 193 g/mol. The Morgan fingerprint density at radius 3 is 2.58 bits per heavy atom. The summed E-state index contributed by atoms with van der Waals surface area (Å²) < 4.78 is 5.73. The smallest absolute Gasteiger partial charge is 0.0973 e. The van der Waals surface area contributed by atoms with Crippen LogP contribution in [0.15, 0.2) is 0 Å². The highest BCUT2D eigenvalue weighted by Crippen LogP contribution is 2.25. The molecule has 0 amide bonds. The van der Waals surface area contributed by atoms with Gasteiger partial charge in [0.05, 0.1) is 12.3 Å². The molecule has 0 aromatic carbocycles. The number of ether oxygens (including phenoxy) is 1. The molecule has 2 saturated heterocycles. The fraction of sp³-hybridized carbons (Fsp3) is 1.00.